The first-order valence-electron chi connectivity index (χ1n) is 8.48. The van der Waals surface area contributed by atoms with Gasteiger partial charge in [-0.1, -0.05) is 11.6 Å². The molecule has 0 atom stereocenters. The van der Waals surface area contributed by atoms with Gasteiger partial charge in [0.25, 0.3) is 11.8 Å². The number of hydrogen-bond acceptors (Lipinski definition) is 5. The second-order valence-corrected chi connectivity index (χ2v) is 9.80. The van der Waals surface area contributed by atoms with Gasteiger partial charge in [0.05, 0.1) is 15.8 Å². The molecule has 3 rings (SSSR count). The number of halogens is 2. The monoisotopic (exact) mass is 457 g/mol. The Kier molecular flexibility index (Phi) is 6.25. The summed E-state index contributed by atoms with van der Waals surface area (Å²) in [7, 11) is -2.35. The van der Waals surface area contributed by atoms with E-state index in [1.54, 1.807) is 12.1 Å². The lowest BCUT2D eigenvalue weighted by Crippen LogP contribution is -2.35. The number of nitrogens with zero attached hydrogens (tertiary/aromatic N) is 1. The van der Waals surface area contributed by atoms with E-state index in [0.717, 1.165) is 15.8 Å². The number of amides is 2. The number of hydrogen-bond donors (Lipinski definition) is 2. The first-order chi connectivity index (χ1) is 13.7. The highest BCUT2D eigenvalue weighted by Gasteiger charge is 2.30. The van der Waals surface area contributed by atoms with Gasteiger partial charge in [0, 0.05) is 24.0 Å². The SMILES string of the molecule is CNC(=O)c1ccc(N2CC=C(NS(=O)(=O)CCc3ccc(Cl)s3)C2=O)c(F)c1. The van der Waals surface area contributed by atoms with E-state index in [1.165, 1.54) is 36.6 Å². The predicted molar refractivity (Wildman–Crippen MR) is 110 cm³/mol. The quantitative estimate of drug-likeness (QED) is 0.666. The van der Waals surface area contributed by atoms with Crippen LogP contribution in [0.5, 0.6) is 0 Å². The summed E-state index contributed by atoms with van der Waals surface area (Å²) >= 11 is 7.12. The van der Waals surface area contributed by atoms with Gasteiger partial charge in [-0.2, -0.15) is 0 Å². The van der Waals surface area contributed by atoms with Crippen LogP contribution in [0.15, 0.2) is 42.1 Å². The van der Waals surface area contributed by atoms with Crippen LogP contribution in [0, 0.1) is 5.82 Å². The fourth-order valence-electron chi connectivity index (χ4n) is 2.74. The maximum Gasteiger partial charge on any atom is 0.275 e. The second-order valence-electron chi connectivity index (χ2n) is 6.16. The average Bonchev–Trinajstić information content (AvgIpc) is 3.25. The smallest absolute Gasteiger partial charge is 0.275 e. The van der Waals surface area contributed by atoms with Crippen LogP contribution in [0.2, 0.25) is 4.34 Å². The molecule has 0 fully saturated rings. The highest BCUT2D eigenvalue weighted by molar-refractivity contribution is 7.89. The van der Waals surface area contributed by atoms with Crippen molar-refractivity contribution >= 4 is 50.5 Å². The van der Waals surface area contributed by atoms with Crippen LogP contribution in [0.4, 0.5) is 10.1 Å². The fourth-order valence-corrected chi connectivity index (χ4v) is 5.05. The molecule has 0 saturated carbocycles. The molecule has 0 radical (unpaired) electrons. The maximum atomic E-state index is 14.4. The molecule has 0 bridgehead atoms. The van der Waals surface area contributed by atoms with Crippen LogP contribution < -0.4 is 14.9 Å². The van der Waals surface area contributed by atoms with Crippen molar-refractivity contribution in [2.24, 2.45) is 0 Å². The van der Waals surface area contributed by atoms with E-state index in [9.17, 15) is 22.4 Å². The minimum atomic E-state index is -3.77. The molecule has 1 aromatic carbocycles. The van der Waals surface area contributed by atoms with Gasteiger partial charge in [-0.05, 0) is 42.8 Å². The number of benzene rings is 1. The molecule has 1 aromatic heterocycles. The topological polar surface area (TPSA) is 95.6 Å². The van der Waals surface area contributed by atoms with Crippen LogP contribution in [0.25, 0.3) is 0 Å². The van der Waals surface area contributed by atoms with E-state index in [0.29, 0.717) is 4.34 Å². The van der Waals surface area contributed by atoms with Crippen LogP contribution >= 0.6 is 22.9 Å². The summed E-state index contributed by atoms with van der Waals surface area (Å²) in [6.07, 6.45) is 1.64. The van der Waals surface area contributed by atoms with Crippen LogP contribution in [-0.4, -0.2) is 39.6 Å². The van der Waals surface area contributed by atoms with E-state index >= 15 is 0 Å². The number of carbonyl (C=O) groups is 2. The van der Waals surface area contributed by atoms with Gasteiger partial charge in [-0.15, -0.1) is 11.3 Å². The molecular formula is C18H17ClFN3O4S2. The summed E-state index contributed by atoms with van der Waals surface area (Å²) < 4.78 is 41.8. The molecule has 29 heavy (non-hydrogen) atoms. The molecule has 2 heterocycles. The van der Waals surface area contributed by atoms with Gasteiger partial charge in [0.15, 0.2) is 0 Å². The molecule has 0 saturated heterocycles. The van der Waals surface area contributed by atoms with E-state index in [1.807, 2.05) is 0 Å². The van der Waals surface area contributed by atoms with E-state index in [2.05, 4.69) is 10.0 Å². The highest BCUT2D eigenvalue weighted by Crippen LogP contribution is 2.25. The summed E-state index contributed by atoms with van der Waals surface area (Å²) in [6, 6.07) is 7.15. The Balaban J connectivity index is 1.67. The number of rotatable bonds is 7. The summed E-state index contributed by atoms with van der Waals surface area (Å²) in [6.45, 7) is 0.00740. The van der Waals surface area contributed by atoms with Gasteiger partial charge in [0.2, 0.25) is 10.0 Å². The van der Waals surface area contributed by atoms with E-state index in [4.69, 9.17) is 11.6 Å². The molecule has 2 amide bonds. The van der Waals surface area contributed by atoms with Crippen LogP contribution in [0.3, 0.4) is 0 Å². The van der Waals surface area contributed by atoms with Crippen molar-refractivity contribution in [3.63, 3.8) is 0 Å². The average molecular weight is 458 g/mol. The summed E-state index contributed by atoms with van der Waals surface area (Å²) in [4.78, 5) is 26.1. The summed E-state index contributed by atoms with van der Waals surface area (Å²) in [5.74, 6) is -2.10. The Morgan fingerprint density at radius 2 is 2.07 bits per heavy atom. The molecule has 0 aliphatic carbocycles. The molecule has 11 heteroatoms. The minimum absolute atomic E-state index is 0.00740. The third kappa shape index (κ3) is 4.95. The number of nitrogens with one attached hydrogen (secondary N) is 2. The molecule has 2 N–H and O–H groups in total. The first kappa shape index (κ1) is 21.3. The molecule has 7 nitrogen and oxygen atoms in total. The lowest BCUT2D eigenvalue weighted by molar-refractivity contribution is -0.114. The number of carbonyl (C=O) groups excluding carboxylic acids is 2. The van der Waals surface area contributed by atoms with Crippen LogP contribution in [-0.2, 0) is 21.2 Å². The maximum absolute atomic E-state index is 14.4. The van der Waals surface area contributed by atoms with Crippen molar-refractivity contribution in [3.8, 4) is 0 Å². The molecule has 1 aliphatic rings. The number of anilines is 1. The molecule has 0 spiro atoms. The van der Waals surface area contributed by atoms with Gasteiger partial charge >= 0.3 is 0 Å². The zero-order chi connectivity index (χ0) is 21.2. The third-order valence-corrected chi connectivity index (χ3v) is 6.76. The van der Waals surface area contributed by atoms with Crippen molar-refractivity contribution in [2.75, 3.05) is 24.2 Å². The van der Waals surface area contributed by atoms with Gasteiger partial charge < -0.3 is 10.2 Å². The molecule has 1 aliphatic heterocycles. The van der Waals surface area contributed by atoms with Gasteiger partial charge in [-0.3, -0.25) is 14.3 Å². The Morgan fingerprint density at radius 1 is 1.31 bits per heavy atom. The lowest BCUT2D eigenvalue weighted by atomic mass is 10.1. The molecule has 154 valence electrons. The minimum Gasteiger partial charge on any atom is -0.355 e. The Hall–Kier alpha value is -2.43. The van der Waals surface area contributed by atoms with Gasteiger partial charge in [-0.25, -0.2) is 12.8 Å². The molecule has 2 aromatic rings. The number of aryl methyl sites for hydroxylation is 1. The lowest BCUT2D eigenvalue weighted by Gasteiger charge is -2.18. The van der Waals surface area contributed by atoms with Crippen molar-refractivity contribution < 1.29 is 22.4 Å². The summed E-state index contributed by atoms with van der Waals surface area (Å²) in [5, 5.41) is 2.38. The second kappa shape index (κ2) is 8.52. The van der Waals surface area contributed by atoms with Crippen LogP contribution in [0.1, 0.15) is 15.2 Å². The Labute approximate surface area is 176 Å². The Bertz CT molecular complexity index is 1100. The first-order valence-corrected chi connectivity index (χ1v) is 11.3. The van der Waals surface area contributed by atoms with E-state index < -0.39 is 27.7 Å². The largest absolute Gasteiger partial charge is 0.355 e. The number of sulfonamides is 1. The third-order valence-electron chi connectivity index (χ3n) is 4.19. The van der Waals surface area contributed by atoms with Crippen molar-refractivity contribution in [1.29, 1.82) is 0 Å². The Morgan fingerprint density at radius 3 is 2.69 bits per heavy atom. The number of thiophene rings is 1. The zero-order valence-corrected chi connectivity index (χ0v) is 17.6. The normalized spacial score (nSPS) is 14.1. The highest BCUT2D eigenvalue weighted by atomic mass is 35.5. The molecular weight excluding hydrogens is 441 g/mol. The van der Waals surface area contributed by atoms with Crippen molar-refractivity contribution in [3.05, 3.63) is 62.7 Å². The zero-order valence-electron chi connectivity index (χ0n) is 15.2. The predicted octanol–water partition coefficient (Wildman–Crippen LogP) is 2.29. The summed E-state index contributed by atoms with van der Waals surface area (Å²) in [5.41, 5.74) is -0.0618. The molecule has 0 unspecified atom stereocenters. The van der Waals surface area contributed by atoms with Crippen molar-refractivity contribution in [1.82, 2.24) is 10.0 Å². The standard InChI is InChI=1S/C18H17ClFN3O4S2/c1-21-17(24)11-2-4-15(13(20)10-11)23-8-6-14(18(23)25)22-29(26,27)9-7-12-3-5-16(19)28-12/h2-6,10,22H,7-9H2,1H3,(H,21,24). The van der Waals surface area contributed by atoms with Gasteiger partial charge in [0.1, 0.15) is 11.5 Å². The van der Waals surface area contributed by atoms with E-state index in [-0.39, 0.29) is 35.7 Å². The fraction of sp³-hybridized carbons (Fsp3) is 0.222. The van der Waals surface area contributed by atoms with Crippen molar-refractivity contribution in [2.45, 2.75) is 6.42 Å².